The highest BCUT2D eigenvalue weighted by Crippen LogP contribution is 2.28. The van der Waals surface area contributed by atoms with Crippen LogP contribution < -0.4 is 5.32 Å². The quantitative estimate of drug-likeness (QED) is 0.681. The van der Waals surface area contributed by atoms with Gasteiger partial charge in [0.05, 0.1) is 0 Å². The zero-order valence-electron chi connectivity index (χ0n) is 11.5. The van der Waals surface area contributed by atoms with Crippen molar-refractivity contribution in [3.63, 3.8) is 0 Å². The molecule has 21 heavy (non-hydrogen) atoms. The molecule has 2 rings (SSSR count). The van der Waals surface area contributed by atoms with Crippen LogP contribution in [0.3, 0.4) is 0 Å². The molecule has 0 heterocycles. The predicted octanol–water partition coefficient (Wildman–Crippen LogP) is 5.79. The Morgan fingerprint density at radius 3 is 2.57 bits per heavy atom. The topological polar surface area (TPSA) is 12.0 Å². The lowest BCUT2D eigenvalue weighted by atomic mass is 9.98. The molecule has 0 saturated heterocycles. The fourth-order valence-electron chi connectivity index (χ4n) is 2.23. The molecule has 5 heteroatoms. The van der Waals surface area contributed by atoms with Crippen molar-refractivity contribution in [2.45, 2.75) is 19.4 Å². The van der Waals surface area contributed by atoms with Crippen LogP contribution in [0.2, 0.25) is 10.0 Å². The lowest BCUT2D eigenvalue weighted by Crippen LogP contribution is -2.24. The number of likely N-dealkylation sites (N-methyl/N-ethyl adjacent to an activating group) is 1. The van der Waals surface area contributed by atoms with Crippen molar-refractivity contribution >= 4 is 39.1 Å². The lowest BCUT2D eigenvalue weighted by Gasteiger charge is -2.20. The molecule has 0 aliphatic rings. The summed E-state index contributed by atoms with van der Waals surface area (Å²) in [6, 6.07) is 10.3. The molecule has 1 atom stereocenters. The van der Waals surface area contributed by atoms with Gasteiger partial charge in [-0.1, -0.05) is 58.2 Å². The zero-order chi connectivity index (χ0) is 15.4. The smallest absolute Gasteiger partial charge is 0.129 e. The fourth-order valence-corrected chi connectivity index (χ4v) is 3.14. The first kappa shape index (κ1) is 16.8. The van der Waals surface area contributed by atoms with Gasteiger partial charge in [0, 0.05) is 26.1 Å². The Balaban J connectivity index is 2.30. The Hall–Kier alpha value is -0.610. The summed E-state index contributed by atoms with van der Waals surface area (Å²) in [7, 11) is 0. The van der Waals surface area contributed by atoms with Crippen LogP contribution in [0.15, 0.2) is 40.9 Å². The molecule has 0 spiro atoms. The van der Waals surface area contributed by atoms with E-state index in [1.807, 2.05) is 25.1 Å². The van der Waals surface area contributed by atoms with E-state index >= 15 is 0 Å². The minimum atomic E-state index is -0.304. The second-order valence-corrected chi connectivity index (χ2v) is 6.48. The third-order valence-electron chi connectivity index (χ3n) is 3.23. The van der Waals surface area contributed by atoms with E-state index in [1.165, 1.54) is 6.07 Å². The number of benzene rings is 2. The Morgan fingerprint density at radius 1 is 1.19 bits per heavy atom. The summed E-state index contributed by atoms with van der Waals surface area (Å²) in [5.74, 6) is -0.304. The van der Waals surface area contributed by atoms with Gasteiger partial charge in [-0.05, 0) is 42.8 Å². The van der Waals surface area contributed by atoms with Crippen LogP contribution in [0, 0.1) is 5.82 Å². The molecule has 2 aromatic carbocycles. The van der Waals surface area contributed by atoms with Gasteiger partial charge in [0.1, 0.15) is 5.82 Å². The molecule has 1 unspecified atom stereocenters. The van der Waals surface area contributed by atoms with Crippen molar-refractivity contribution in [3.8, 4) is 0 Å². The van der Waals surface area contributed by atoms with E-state index < -0.39 is 0 Å². The Bertz CT molecular complexity index is 634. The number of rotatable bonds is 5. The maximum absolute atomic E-state index is 14.1. The van der Waals surface area contributed by atoms with Crippen LogP contribution in [-0.2, 0) is 6.42 Å². The molecule has 0 aromatic heterocycles. The van der Waals surface area contributed by atoms with Crippen molar-refractivity contribution in [3.05, 3.63) is 67.9 Å². The molecule has 0 bridgehead atoms. The molecule has 0 saturated carbocycles. The minimum absolute atomic E-state index is 0.147. The van der Waals surface area contributed by atoms with Crippen LogP contribution >= 0.6 is 39.1 Å². The van der Waals surface area contributed by atoms with E-state index in [-0.39, 0.29) is 11.9 Å². The molecule has 0 radical (unpaired) electrons. The Labute approximate surface area is 142 Å². The van der Waals surface area contributed by atoms with Gasteiger partial charge in [0.25, 0.3) is 0 Å². The van der Waals surface area contributed by atoms with Crippen molar-refractivity contribution in [2.24, 2.45) is 0 Å². The summed E-state index contributed by atoms with van der Waals surface area (Å²) in [4.78, 5) is 0. The summed E-state index contributed by atoms with van der Waals surface area (Å²) < 4.78 is 15.1. The van der Waals surface area contributed by atoms with Gasteiger partial charge in [-0.2, -0.15) is 0 Å². The first-order chi connectivity index (χ1) is 10.0. The zero-order valence-corrected chi connectivity index (χ0v) is 14.6. The highest BCUT2D eigenvalue weighted by molar-refractivity contribution is 9.10. The van der Waals surface area contributed by atoms with Gasteiger partial charge in [-0.3, -0.25) is 0 Å². The molecule has 1 nitrogen and oxygen atoms in total. The number of hydrogen-bond donors (Lipinski definition) is 1. The molecule has 2 aromatic rings. The molecule has 0 fully saturated rings. The molecule has 1 N–H and O–H groups in total. The van der Waals surface area contributed by atoms with Gasteiger partial charge in [-0.15, -0.1) is 0 Å². The van der Waals surface area contributed by atoms with Crippen LogP contribution in [0.5, 0.6) is 0 Å². The van der Waals surface area contributed by atoms with Gasteiger partial charge >= 0.3 is 0 Å². The van der Waals surface area contributed by atoms with Crippen molar-refractivity contribution in [1.29, 1.82) is 0 Å². The average Bonchev–Trinajstić information content (AvgIpc) is 2.41. The first-order valence-corrected chi connectivity index (χ1v) is 8.18. The SMILES string of the molecule is CCNC(Cc1ccc(Br)cc1Cl)c1ccc(Cl)cc1F. The van der Waals surface area contributed by atoms with Gasteiger partial charge in [-0.25, -0.2) is 4.39 Å². The van der Waals surface area contributed by atoms with Crippen LogP contribution in [0.4, 0.5) is 4.39 Å². The maximum Gasteiger partial charge on any atom is 0.129 e. The van der Waals surface area contributed by atoms with E-state index in [4.69, 9.17) is 23.2 Å². The largest absolute Gasteiger partial charge is 0.310 e. The lowest BCUT2D eigenvalue weighted by molar-refractivity contribution is 0.510. The Kier molecular flexibility index (Phi) is 6.06. The Morgan fingerprint density at radius 2 is 1.95 bits per heavy atom. The third kappa shape index (κ3) is 4.43. The number of nitrogens with one attached hydrogen (secondary N) is 1. The maximum atomic E-state index is 14.1. The highest BCUT2D eigenvalue weighted by Gasteiger charge is 2.17. The average molecular weight is 391 g/mol. The van der Waals surface area contributed by atoms with Gasteiger partial charge in [0.15, 0.2) is 0 Å². The summed E-state index contributed by atoms with van der Waals surface area (Å²) >= 11 is 15.5. The predicted molar refractivity (Wildman–Crippen MR) is 90.7 cm³/mol. The molecular weight excluding hydrogens is 376 g/mol. The summed E-state index contributed by atoms with van der Waals surface area (Å²) in [5, 5.41) is 4.36. The van der Waals surface area contributed by atoms with E-state index in [2.05, 4.69) is 21.2 Å². The molecule has 0 amide bonds. The van der Waals surface area contributed by atoms with Crippen LogP contribution in [0.1, 0.15) is 24.1 Å². The van der Waals surface area contributed by atoms with E-state index in [0.717, 1.165) is 16.6 Å². The molecule has 0 aliphatic heterocycles. The fraction of sp³-hybridized carbons (Fsp3) is 0.250. The highest BCUT2D eigenvalue weighted by atomic mass is 79.9. The van der Waals surface area contributed by atoms with Gasteiger partial charge in [0.2, 0.25) is 0 Å². The summed E-state index contributed by atoms with van der Waals surface area (Å²) in [6.07, 6.45) is 0.610. The van der Waals surface area contributed by atoms with E-state index in [9.17, 15) is 4.39 Å². The normalized spacial score (nSPS) is 12.4. The standard InChI is InChI=1S/C16H15BrCl2FN/c1-2-21-16(13-6-5-12(18)9-15(13)20)7-10-3-4-11(17)8-14(10)19/h3-6,8-9,16,21H,2,7H2,1H3. The summed E-state index contributed by atoms with van der Waals surface area (Å²) in [6.45, 7) is 2.73. The second-order valence-electron chi connectivity index (χ2n) is 4.72. The van der Waals surface area contributed by atoms with Crippen molar-refractivity contribution in [1.82, 2.24) is 5.32 Å². The number of hydrogen-bond acceptors (Lipinski definition) is 1. The van der Waals surface area contributed by atoms with Crippen molar-refractivity contribution in [2.75, 3.05) is 6.54 Å². The minimum Gasteiger partial charge on any atom is -0.310 e. The molecule has 112 valence electrons. The van der Waals surface area contributed by atoms with Crippen LogP contribution in [0.25, 0.3) is 0 Å². The summed E-state index contributed by atoms with van der Waals surface area (Å²) in [5.41, 5.74) is 1.57. The third-order valence-corrected chi connectivity index (χ3v) is 4.31. The number of halogens is 4. The molecule has 0 aliphatic carbocycles. The van der Waals surface area contributed by atoms with E-state index in [0.29, 0.717) is 22.0 Å². The first-order valence-electron chi connectivity index (χ1n) is 6.63. The second kappa shape index (κ2) is 7.59. The van der Waals surface area contributed by atoms with Crippen LogP contribution in [-0.4, -0.2) is 6.54 Å². The molecular formula is C16H15BrCl2FN. The van der Waals surface area contributed by atoms with Gasteiger partial charge < -0.3 is 5.32 Å². The van der Waals surface area contributed by atoms with E-state index in [1.54, 1.807) is 12.1 Å². The monoisotopic (exact) mass is 389 g/mol. The van der Waals surface area contributed by atoms with Crippen molar-refractivity contribution < 1.29 is 4.39 Å².